The molecule has 0 aromatic carbocycles. The fraction of sp³-hybridized carbons (Fsp3) is 0.333. The SMILES string of the molecule is [C]1=C/C=C\C=C\CCC/C=C/C/1. The van der Waals surface area contributed by atoms with Gasteiger partial charge in [0.1, 0.15) is 0 Å². The average molecular weight is 159 g/mol. The Bertz CT molecular complexity index is 204. The standard InChI is InChI=1S/C12H15/c1-2-4-6-8-10-12-11-9-7-5-3-1/h1-5,11-12H,6,8-10H2/b3-1-,4-2+,7-5?,12-11+. The van der Waals surface area contributed by atoms with E-state index < -0.39 is 0 Å². The molecule has 0 bridgehead atoms. The molecule has 12 heavy (non-hydrogen) atoms. The van der Waals surface area contributed by atoms with Crippen LogP contribution in [0.3, 0.4) is 0 Å². The van der Waals surface area contributed by atoms with Crippen molar-refractivity contribution in [3.63, 3.8) is 0 Å². The van der Waals surface area contributed by atoms with Crippen LogP contribution in [-0.2, 0) is 0 Å². The van der Waals surface area contributed by atoms with E-state index in [1.807, 2.05) is 12.2 Å². The van der Waals surface area contributed by atoms with Crippen molar-refractivity contribution in [3.05, 3.63) is 48.6 Å². The van der Waals surface area contributed by atoms with Gasteiger partial charge in [0.2, 0.25) is 0 Å². The molecule has 0 aromatic rings. The van der Waals surface area contributed by atoms with Gasteiger partial charge in [0, 0.05) is 0 Å². The highest BCUT2D eigenvalue weighted by atomic mass is 13.9. The van der Waals surface area contributed by atoms with Crippen LogP contribution in [0.2, 0.25) is 0 Å². The predicted molar refractivity (Wildman–Crippen MR) is 53.7 cm³/mol. The van der Waals surface area contributed by atoms with Crippen LogP contribution < -0.4 is 0 Å². The Kier molecular flexibility index (Phi) is 5.02. The highest BCUT2D eigenvalue weighted by Gasteiger charge is 1.80. The van der Waals surface area contributed by atoms with E-state index in [4.69, 9.17) is 0 Å². The Morgan fingerprint density at radius 3 is 2.75 bits per heavy atom. The first kappa shape index (κ1) is 9.05. The van der Waals surface area contributed by atoms with E-state index in [-0.39, 0.29) is 0 Å². The third-order valence-electron chi connectivity index (χ3n) is 1.72. The molecule has 0 aromatic heterocycles. The van der Waals surface area contributed by atoms with Gasteiger partial charge in [-0.2, -0.15) is 0 Å². The summed E-state index contributed by atoms with van der Waals surface area (Å²) >= 11 is 0. The summed E-state index contributed by atoms with van der Waals surface area (Å²) in [4.78, 5) is 0. The maximum atomic E-state index is 3.17. The van der Waals surface area contributed by atoms with Gasteiger partial charge in [0.15, 0.2) is 0 Å². The minimum absolute atomic E-state index is 0.939. The van der Waals surface area contributed by atoms with Crippen molar-refractivity contribution < 1.29 is 0 Å². The zero-order valence-electron chi connectivity index (χ0n) is 7.37. The molecule has 0 nitrogen and oxygen atoms in total. The fourth-order valence-electron chi connectivity index (χ4n) is 1.05. The van der Waals surface area contributed by atoms with E-state index in [1.54, 1.807) is 0 Å². The summed E-state index contributed by atoms with van der Waals surface area (Å²) in [6, 6.07) is 0. The smallest absolute Gasteiger partial charge is 0.00946 e. The molecule has 1 radical (unpaired) electrons. The Balaban J connectivity index is 2.42. The monoisotopic (exact) mass is 159 g/mol. The fourth-order valence-corrected chi connectivity index (χ4v) is 1.05. The number of rotatable bonds is 0. The van der Waals surface area contributed by atoms with Crippen LogP contribution in [0.15, 0.2) is 42.5 Å². The number of allylic oxidation sites excluding steroid dienone is 8. The summed E-state index contributed by atoms with van der Waals surface area (Å²) < 4.78 is 0. The molecule has 1 rings (SSSR count). The van der Waals surface area contributed by atoms with Crippen molar-refractivity contribution in [3.8, 4) is 0 Å². The summed E-state index contributed by atoms with van der Waals surface area (Å²) in [6.45, 7) is 0. The summed E-state index contributed by atoms with van der Waals surface area (Å²) in [7, 11) is 0. The zero-order valence-corrected chi connectivity index (χ0v) is 7.37. The average Bonchev–Trinajstić information content (AvgIpc) is 2.05. The molecule has 0 aliphatic heterocycles. The van der Waals surface area contributed by atoms with Gasteiger partial charge in [0.25, 0.3) is 0 Å². The van der Waals surface area contributed by atoms with Crippen molar-refractivity contribution in [2.75, 3.05) is 0 Å². The Hall–Kier alpha value is -1.04. The predicted octanol–water partition coefficient (Wildman–Crippen LogP) is 3.59. The van der Waals surface area contributed by atoms with Gasteiger partial charge in [-0.25, -0.2) is 0 Å². The van der Waals surface area contributed by atoms with Gasteiger partial charge in [-0.1, -0.05) is 42.5 Å². The van der Waals surface area contributed by atoms with Gasteiger partial charge in [-0.05, 0) is 31.8 Å². The van der Waals surface area contributed by atoms with E-state index in [2.05, 4.69) is 36.5 Å². The van der Waals surface area contributed by atoms with Crippen LogP contribution in [-0.4, -0.2) is 0 Å². The molecular weight excluding hydrogens is 144 g/mol. The molecular formula is C12H15. The molecule has 63 valence electrons. The Morgan fingerprint density at radius 1 is 0.833 bits per heavy atom. The molecule has 1 aliphatic carbocycles. The van der Waals surface area contributed by atoms with Crippen molar-refractivity contribution in [2.24, 2.45) is 0 Å². The van der Waals surface area contributed by atoms with Crippen LogP contribution in [0.5, 0.6) is 0 Å². The first-order valence-electron chi connectivity index (χ1n) is 4.53. The van der Waals surface area contributed by atoms with Crippen LogP contribution in [0.25, 0.3) is 0 Å². The minimum Gasteiger partial charge on any atom is -0.0882 e. The van der Waals surface area contributed by atoms with E-state index in [0.29, 0.717) is 0 Å². The first-order valence-corrected chi connectivity index (χ1v) is 4.53. The van der Waals surface area contributed by atoms with Gasteiger partial charge in [0.05, 0.1) is 0 Å². The molecule has 0 amide bonds. The van der Waals surface area contributed by atoms with Crippen LogP contribution in [0.4, 0.5) is 0 Å². The van der Waals surface area contributed by atoms with Gasteiger partial charge in [-0.15, -0.1) is 0 Å². The van der Waals surface area contributed by atoms with E-state index in [9.17, 15) is 0 Å². The van der Waals surface area contributed by atoms with Crippen LogP contribution >= 0.6 is 0 Å². The molecule has 0 saturated heterocycles. The zero-order chi connectivity index (χ0) is 8.49. The molecule has 0 N–H and O–H groups in total. The lowest BCUT2D eigenvalue weighted by molar-refractivity contribution is 0.865. The maximum Gasteiger partial charge on any atom is -0.00946 e. The molecule has 0 heteroatoms. The largest absolute Gasteiger partial charge is 0.0882 e. The topological polar surface area (TPSA) is 0 Å². The first-order chi connectivity index (χ1) is 6.00. The van der Waals surface area contributed by atoms with Crippen LogP contribution in [0.1, 0.15) is 25.7 Å². The normalized spacial score (nSPS) is 29.3. The summed E-state index contributed by atoms with van der Waals surface area (Å²) in [5, 5.41) is 0. The summed E-state index contributed by atoms with van der Waals surface area (Å²) in [6.07, 6.45) is 22.5. The molecule has 0 unspecified atom stereocenters. The highest BCUT2D eigenvalue weighted by Crippen LogP contribution is 2.00. The van der Waals surface area contributed by atoms with Crippen molar-refractivity contribution in [2.45, 2.75) is 25.7 Å². The van der Waals surface area contributed by atoms with Gasteiger partial charge < -0.3 is 0 Å². The summed E-state index contributed by atoms with van der Waals surface area (Å²) in [5.74, 6) is 0. The van der Waals surface area contributed by atoms with E-state index in [0.717, 1.165) is 6.42 Å². The van der Waals surface area contributed by atoms with Crippen LogP contribution in [0, 0.1) is 6.08 Å². The minimum atomic E-state index is 0.939. The third-order valence-corrected chi connectivity index (χ3v) is 1.72. The second-order valence-electron chi connectivity index (χ2n) is 2.79. The summed E-state index contributed by atoms with van der Waals surface area (Å²) in [5.41, 5.74) is 0. The number of hydrogen-bond acceptors (Lipinski definition) is 0. The number of hydrogen-bond donors (Lipinski definition) is 0. The second-order valence-corrected chi connectivity index (χ2v) is 2.79. The molecule has 0 fully saturated rings. The molecule has 0 saturated carbocycles. The van der Waals surface area contributed by atoms with Crippen molar-refractivity contribution >= 4 is 0 Å². The lowest BCUT2D eigenvalue weighted by Gasteiger charge is -1.89. The second kappa shape index (κ2) is 6.66. The van der Waals surface area contributed by atoms with Crippen molar-refractivity contribution in [1.29, 1.82) is 0 Å². The van der Waals surface area contributed by atoms with E-state index >= 15 is 0 Å². The molecule has 1 aliphatic rings. The lowest BCUT2D eigenvalue weighted by Crippen LogP contribution is -1.70. The van der Waals surface area contributed by atoms with Gasteiger partial charge >= 0.3 is 0 Å². The van der Waals surface area contributed by atoms with E-state index in [1.165, 1.54) is 19.3 Å². The Morgan fingerprint density at radius 2 is 1.75 bits per heavy atom. The molecule has 0 atom stereocenters. The lowest BCUT2D eigenvalue weighted by atomic mass is 10.2. The quantitative estimate of drug-likeness (QED) is 0.474. The third kappa shape index (κ3) is 4.73. The molecule has 0 spiro atoms. The van der Waals surface area contributed by atoms with Gasteiger partial charge in [-0.3, -0.25) is 0 Å². The van der Waals surface area contributed by atoms with Crippen molar-refractivity contribution in [1.82, 2.24) is 0 Å². The maximum absolute atomic E-state index is 3.17. The highest BCUT2D eigenvalue weighted by molar-refractivity contribution is 5.10. The Labute approximate surface area is 75.0 Å². The molecule has 0 heterocycles.